The summed E-state index contributed by atoms with van der Waals surface area (Å²) in [5, 5.41) is 15.3. The van der Waals surface area contributed by atoms with Gasteiger partial charge in [-0.05, 0) is 29.1 Å². The number of nitriles is 1. The van der Waals surface area contributed by atoms with Gasteiger partial charge in [0.05, 0.1) is 16.1 Å². The first-order valence-corrected chi connectivity index (χ1v) is 6.94. The van der Waals surface area contributed by atoms with Crippen LogP contribution in [0.5, 0.6) is 0 Å². The topological polar surface area (TPSA) is 35.8 Å². The Kier molecular flexibility index (Phi) is 4.62. The third-order valence-electron chi connectivity index (χ3n) is 2.47. The van der Waals surface area contributed by atoms with Crippen LogP contribution in [0.15, 0.2) is 35.7 Å². The Morgan fingerprint density at radius 2 is 2.11 bits per heavy atom. The van der Waals surface area contributed by atoms with E-state index in [1.165, 1.54) is 4.88 Å². The van der Waals surface area contributed by atoms with Gasteiger partial charge < -0.3 is 0 Å². The van der Waals surface area contributed by atoms with Gasteiger partial charge in [0.15, 0.2) is 0 Å². The number of rotatable bonds is 4. The second-order valence-corrected chi connectivity index (χ2v) is 5.54. The Morgan fingerprint density at radius 3 is 2.72 bits per heavy atom. The molecule has 1 aromatic carbocycles. The van der Waals surface area contributed by atoms with Gasteiger partial charge in [0.25, 0.3) is 0 Å². The fourth-order valence-electron chi connectivity index (χ4n) is 1.55. The fraction of sp³-hybridized carbons (Fsp3) is 0.154. The molecule has 92 valence electrons. The van der Waals surface area contributed by atoms with Gasteiger partial charge in [-0.15, -0.1) is 11.3 Å². The van der Waals surface area contributed by atoms with Crippen molar-refractivity contribution in [3.63, 3.8) is 0 Å². The van der Waals surface area contributed by atoms with Crippen LogP contribution in [-0.2, 0) is 6.54 Å². The summed E-state index contributed by atoms with van der Waals surface area (Å²) >= 11 is 13.5. The van der Waals surface area contributed by atoms with Crippen molar-refractivity contribution in [2.75, 3.05) is 0 Å². The Labute approximate surface area is 120 Å². The number of benzene rings is 1. The van der Waals surface area contributed by atoms with E-state index in [2.05, 4.69) is 11.4 Å². The molecule has 1 N–H and O–H groups in total. The molecule has 1 atom stereocenters. The van der Waals surface area contributed by atoms with Crippen molar-refractivity contribution >= 4 is 34.5 Å². The molecule has 1 heterocycles. The van der Waals surface area contributed by atoms with Gasteiger partial charge >= 0.3 is 0 Å². The Morgan fingerprint density at radius 1 is 1.28 bits per heavy atom. The van der Waals surface area contributed by atoms with E-state index in [1.807, 2.05) is 23.6 Å². The molecule has 0 aliphatic rings. The summed E-state index contributed by atoms with van der Waals surface area (Å²) in [6, 6.07) is 11.1. The maximum Gasteiger partial charge on any atom is 0.121 e. The predicted molar refractivity (Wildman–Crippen MR) is 76.0 cm³/mol. The Hall–Kier alpha value is -1.05. The summed E-state index contributed by atoms with van der Waals surface area (Å²) in [7, 11) is 0. The molecule has 1 aromatic heterocycles. The van der Waals surface area contributed by atoms with Crippen molar-refractivity contribution in [1.29, 1.82) is 5.26 Å². The minimum atomic E-state index is -0.387. The monoisotopic (exact) mass is 296 g/mol. The van der Waals surface area contributed by atoms with Crippen LogP contribution in [0, 0.1) is 11.3 Å². The lowest BCUT2D eigenvalue weighted by molar-refractivity contribution is 0.636. The number of halogens is 2. The first kappa shape index (κ1) is 13.4. The maximum atomic E-state index is 9.18. The van der Waals surface area contributed by atoms with Gasteiger partial charge in [-0.2, -0.15) is 5.26 Å². The van der Waals surface area contributed by atoms with E-state index in [-0.39, 0.29) is 6.04 Å². The molecular formula is C13H10Cl2N2S. The quantitative estimate of drug-likeness (QED) is 0.907. The van der Waals surface area contributed by atoms with E-state index in [0.717, 1.165) is 5.56 Å². The van der Waals surface area contributed by atoms with E-state index in [4.69, 9.17) is 23.2 Å². The van der Waals surface area contributed by atoms with Crippen molar-refractivity contribution in [2.24, 2.45) is 0 Å². The van der Waals surface area contributed by atoms with Crippen LogP contribution in [0.4, 0.5) is 0 Å². The lowest BCUT2D eigenvalue weighted by Gasteiger charge is -2.11. The summed E-state index contributed by atoms with van der Waals surface area (Å²) in [5.41, 5.74) is 0.823. The second kappa shape index (κ2) is 6.21. The smallest absolute Gasteiger partial charge is 0.121 e. The third kappa shape index (κ3) is 3.24. The van der Waals surface area contributed by atoms with Crippen LogP contribution in [0.3, 0.4) is 0 Å². The van der Waals surface area contributed by atoms with Gasteiger partial charge in [0.2, 0.25) is 0 Å². The first-order valence-electron chi connectivity index (χ1n) is 5.31. The molecule has 2 rings (SSSR count). The zero-order valence-corrected chi connectivity index (χ0v) is 11.7. The molecule has 2 aromatic rings. The van der Waals surface area contributed by atoms with Crippen LogP contribution < -0.4 is 5.32 Å². The molecular weight excluding hydrogens is 287 g/mol. The predicted octanol–water partition coefficient (Wildman–Crippen LogP) is 4.41. The lowest BCUT2D eigenvalue weighted by Crippen LogP contribution is -2.18. The minimum Gasteiger partial charge on any atom is -0.293 e. The number of thiophene rings is 1. The molecule has 0 radical (unpaired) electrons. The molecule has 0 aliphatic carbocycles. The molecule has 0 saturated heterocycles. The zero-order valence-electron chi connectivity index (χ0n) is 9.36. The van der Waals surface area contributed by atoms with Crippen molar-refractivity contribution in [3.8, 4) is 6.07 Å². The van der Waals surface area contributed by atoms with Gasteiger partial charge in [-0.25, -0.2) is 0 Å². The van der Waals surface area contributed by atoms with E-state index in [0.29, 0.717) is 16.6 Å². The molecule has 1 unspecified atom stereocenters. The normalized spacial score (nSPS) is 12.1. The van der Waals surface area contributed by atoms with Crippen molar-refractivity contribution in [3.05, 3.63) is 56.2 Å². The van der Waals surface area contributed by atoms with Crippen LogP contribution in [-0.4, -0.2) is 0 Å². The van der Waals surface area contributed by atoms with Crippen LogP contribution in [0.2, 0.25) is 10.0 Å². The van der Waals surface area contributed by atoms with Crippen LogP contribution >= 0.6 is 34.5 Å². The Bertz CT molecular complexity index is 561. The third-order valence-corrected chi connectivity index (χ3v) is 4.08. The van der Waals surface area contributed by atoms with Gasteiger partial charge in [-0.1, -0.05) is 35.3 Å². The van der Waals surface area contributed by atoms with Crippen molar-refractivity contribution < 1.29 is 0 Å². The molecule has 0 fully saturated rings. The highest BCUT2D eigenvalue weighted by Crippen LogP contribution is 2.25. The van der Waals surface area contributed by atoms with E-state index in [9.17, 15) is 5.26 Å². The summed E-state index contributed by atoms with van der Waals surface area (Å²) in [6.07, 6.45) is 0. The maximum absolute atomic E-state index is 9.18. The van der Waals surface area contributed by atoms with E-state index in [1.54, 1.807) is 23.5 Å². The highest BCUT2D eigenvalue weighted by molar-refractivity contribution is 7.09. The molecule has 0 amide bonds. The summed E-state index contributed by atoms with van der Waals surface area (Å²) in [4.78, 5) is 1.19. The lowest BCUT2D eigenvalue weighted by atomic mass is 10.1. The average molecular weight is 297 g/mol. The molecule has 0 spiro atoms. The van der Waals surface area contributed by atoms with E-state index < -0.39 is 0 Å². The van der Waals surface area contributed by atoms with Gasteiger partial charge in [0.1, 0.15) is 6.04 Å². The molecule has 2 nitrogen and oxygen atoms in total. The van der Waals surface area contributed by atoms with Crippen molar-refractivity contribution in [2.45, 2.75) is 12.6 Å². The average Bonchev–Trinajstić information content (AvgIpc) is 2.87. The highest BCUT2D eigenvalue weighted by atomic mass is 35.5. The summed E-state index contributed by atoms with van der Waals surface area (Å²) in [6.45, 7) is 0.663. The fourth-order valence-corrected chi connectivity index (χ4v) is 2.51. The molecule has 0 saturated carbocycles. The number of hydrogen-bond donors (Lipinski definition) is 1. The standard InChI is InChI=1S/C13H10Cl2N2S/c14-11-4-3-9(6-12(11)15)13(7-16)17-8-10-2-1-5-18-10/h1-6,13,17H,8H2. The van der Waals surface area contributed by atoms with Crippen LogP contribution in [0.25, 0.3) is 0 Å². The van der Waals surface area contributed by atoms with Gasteiger partial charge in [-0.3, -0.25) is 5.32 Å². The zero-order chi connectivity index (χ0) is 13.0. The highest BCUT2D eigenvalue weighted by Gasteiger charge is 2.11. The van der Waals surface area contributed by atoms with Crippen LogP contribution in [0.1, 0.15) is 16.5 Å². The SMILES string of the molecule is N#CC(NCc1cccs1)c1ccc(Cl)c(Cl)c1. The summed E-state index contributed by atoms with van der Waals surface area (Å²) < 4.78 is 0. The minimum absolute atomic E-state index is 0.387. The molecule has 18 heavy (non-hydrogen) atoms. The number of nitrogens with zero attached hydrogens (tertiary/aromatic N) is 1. The Balaban J connectivity index is 2.08. The van der Waals surface area contributed by atoms with Crippen molar-refractivity contribution in [1.82, 2.24) is 5.32 Å². The number of nitrogens with one attached hydrogen (secondary N) is 1. The number of hydrogen-bond acceptors (Lipinski definition) is 3. The largest absolute Gasteiger partial charge is 0.293 e. The first-order chi connectivity index (χ1) is 8.70. The molecule has 5 heteroatoms. The molecule has 0 aliphatic heterocycles. The van der Waals surface area contributed by atoms with Gasteiger partial charge in [0, 0.05) is 11.4 Å². The second-order valence-electron chi connectivity index (χ2n) is 3.70. The van der Waals surface area contributed by atoms with E-state index >= 15 is 0 Å². The summed E-state index contributed by atoms with van der Waals surface area (Å²) in [5.74, 6) is 0. The molecule has 0 bridgehead atoms.